The van der Waals surface area contributed by atoms with Gasteiger partial charge in [-0.15, -0.1) is 0 Å². The summed E-state index contributed by atoms with van der Waals surface area (Å²) in [7, 11) is 1.81. The highest BCUT2D eigenvalue weighted by atomic mass is 16.5. The molecular formula is C12H16N6O2. The van der Waals surface area contributed by atoms with Gasteiger partial charge in [-0.3, -0.25) is 14.4 Å². The first kappa shape index (κ1) is 12.8. The molecule has 2 aromatic rings. The monoisotopic (exact) mass is 276 g/mol. The highest BCUT2D eigenvalue weighted by Crippen LogP contribution is 2.07. The van der Waals surface area contributed by atoms with E-state index in [9.17, 15) is 4.79 Å². The molecule has 0 bridgehead atoms. The summed E-state index contributed by atoms with van der Waals surface area (Å²) in [4.78, 5) is 19.7. The topological polar surface area (TPSA) is 80.3 Å². The molecule has 20 heavy (non-hydrogen) atoms. The molecule has 0 N–H and O–H groups in total. The van der Waals surface area contributed by atoms with E-state index in [1.807, 2.05) is 24.2 Å². The summed E-state index contributed by atoms with van der Waals surface area (Å²) in [5.74, 6) is 1.24. The average molecular weight is 276 g/mol. The Balaban J connectivity index is 1.58. The lowest BCUT2D eigenvalue weighted by atomic mass is 10.3. The van der Waals surface area contributed by atoms with E-state index in [0.29, 0.717) is 31.3 Å². The zero-order chi connectivity index (χ0) is 13.9. The molecule has 1 fully saturated rings. The Morgan fingerprint density at radius 1 is 1.35 bits per heavy atom. The summed E-state index contributed by atoms with van der Waals surface area (Å²) in [6, 6.07) is 1.84. The van der Waals surface area contributed by atoms with Crippen LogP contribution >= 0.6 is 0 Å². The molecule has 0 unspecified atom stereocenters. The third kappa shape index (κ3) is 2.85. The minimum atomic E-state index is 0.118. The number of hydrogen-bond acceptors (Lipinski definition) is 6. The fourth-order valence-electron chi connectivity index (χ4n) is 2.09. The summed E-state index contributed by atoms with van der Waals surface area (Å²) in [6.07, 6.45) is 3.55. The van der Waals surface area contributed by atoms with Gasteiger partial charge >= 0.3 is 0 Å². The zero-order valence-electron chi connectivity index (χ0n) is 11.3. The molecule has 1 aliphatic rings. The maximum atomic E-state index is 11.6. The SMILES string of the molecule is CN1CCN(Cc2nc(Cn3cccn3)no2)CC1=O. The summed E-state index contributed by atoms with van der Waals surface area (Å²) >= 11 is 0. The van der Waals surface area contributed by atoms with Crippen molar-refractivity contribution in [1.29, 1.82) is 0 Å². The minimum absolute atomic E-state index is 0.118. The number of amides is 1. The molecular weight excluding hydrogens is 260 g/mol. The average Bonchev–Trinajstić information content (AvgIpc) is 3.07. The molecule has 1 saturated heterocycles. The van der Waals surface area contributed by atoms with Gasteiger partial charge in [0.2, 0.25) is 11.8 Å². The summed E-state index contributed by atoms with van der Waals surface area (Å²) < 4.78 is 6.94. The quantitative estimate of drug-likeness (QED) is 0.755. The van der Waals surface area contributed by atoms with Crippen LogP contribution in [0.5, 0.6) is 0 Å². The molecule has 0 atom stereocenters. The number of likely N-dealkylation sites (N-methyl/N-ethyl adjacent to an activating group) is 1. The lowest BCUT2D eigenvalue weighted by Gasteiger charge is -2.30. The molecule has 1 amide bonds. The second-order valence-electron chi connectivity index (χ2n) is 4.83. The maximum Gasteiger partial charge on any atom is 0.240 e. The number of hydrogen-bond donors (Lipinski definition) is 0. The predicted molar refractivity (Wildman–Crippen MR) is 68.5 cm³/mol. The Hall–Kier alpha value is -2.22. The van der Waals surface area contributed by atoms with Gasteiger partial charge in [-0.25, -0.2) is 0 Å². The Bertz CT molecular complexity index is 579. The van der Waals surface area contributed by atoms with Crippen LogP contribution in [0.15, 0.2) is 23.0 Å². The Morgan fingerprint density at radius 2 is 2.25 bits per heavy atom. The summed E-state index contributed by atoms with van der Waals surface area (Å²) in [5, 5.41) is 8.01. The molecule has 0 radical (unpaired) electrons. The van der Waals surface area contributed by atoms with Gasteiger partial charge in [-0.1, -0.05) is 5.16 Å². The molecule has 3 heterocycles. The highest BCUT2D eigenvalue weighted by Gasteiger charge is 2.22. The van der Waals surface area contributed by atoms with Gasteiger partial charge in [0.1, 0.15) is 6.54 Å². The van der Waals surface area contributed by atoms with E-state index in [4.69, 9.17) is 4.52 Å². The Labute approximate surface area is 116 Å². The number of aromatic nitrogens is 4. The molecule has 106 valence electrons. The summed E-state index contributed by atoms with van der Waals surface area (Å²) in [5.41, 5.74) is 0. The standard InChI is InChI=1S/C12H16N6O2/c1-16-5-6-17(9-12(16)19)8-11-14-10(15-20-11)7-18-4-2-3-13-18/h2-4H,5-9H2,1H3. The maximum absolute atomic E-state index is 11.6. The molecule has 2 aromatic heterocycles. The Morgan fingerprint density at radius 3 is 3.00 bits per heavy atom. The zero-order valence-corrected chi connectivity index (χ0v) is 11.3. The van der Waals surface area contributed by atoms with Gasteiger partial charge < -0.3 is 9.42 Å². The lowest BCUT2D eigenvalue weighted by Crippen LogP contribution is -2.48. The fraction of sp³-hybridized carbons (Fsp3) is 0.500. The van der Waals surface area contributed by atoms with Crippen LogP contribution in [0.4, 0.5) is 0 Å². The first-order valence-electron chi connectivity index (χ1n) is 6.46. The smallest absolute Gasteiger partial charge is 0.240 e. The third-order valence-corrected chi connectivity index (χ3v) is 3.27. The van der Waals surface area contributed by atoms with Crippen LogP contribution in [0.1, 0.15) is 11.7 Å². The van der Waals surface area contributed by atoms with Crippen LogP contribution in [-0.2, 0) is 17.9 Å². The van der Waals surface area contributed by atoms with Crippen LogP contribution in [0.2, 0.25) is 0 Å². The van der Waals surface area contributed by atoms with Gasteiger partial charge in [-0.05, 0) is 6.07 Å². The molecule has 0 aliphatic carbocycles. The van der Waals surface area contributed by atoms with Gasteiger partial charge in [-0.2, -0.15) is 10.1 Å². The highest BCUT2D eigenvalue weighted by molar-refractivity contribution is 5.78. The van der Waals surface area contributed by atoms with Gasteiger partial charge in [0.15, 0.2) is 5.82 Å². The number of rotatable bonds is 4. The fourth-order valence-corrected chi connectivity index (χ4v) is 2.09. The van der Waals surface area contributed by atoms with E-state index in [0.717, 1.165) is 13.1 Å². The van der Waals surface area contributed by atoms with Crippen LogP contribution in [0, 0.1) is 0 Å². The third-order valence-electron chi connectivity index (χ3n) is 3.27. The number of carbonyl (C=O) groups excluding carboxylic acids is 1. The Kier molecular flexibility index (Phi) is 3.46. The van der Waals surface area contributed by atoms with Crippen molar-refractivity contribution in [3.8, 4) is 0 Å². The van der Waals surface area contributed by atoms with E-state index in [-0.39, 0.29) is 5.91 Å². The van der Waals surface area contributed by atoms with Crippen molar-refractivity contribution in [3.63, 3.8) is 0 Å². The van der Waals surface area contributed by atoms with Gasteiger partial charge in [0, 0.05) is 32.5 Å². The van der Waals surface area contributed by atoms with Crippen molar-refractivity contribution in [2.45, 2.75) is 13.1 Å². The molecule has 8 heteroatoms. The van der Waals surface area contributed by atoms with Gasteiger partial charge in [0.25, 0.3) is 0 Å². The molecule has 0 aromatic carbocycles. The van der Waals surface area contributed by atoms with E-state index < -0.39 is 0 Å². The van der Waals surface area contributed by atoms with Gasteiger partial charge in [0.05, 0.1) is 13.1 Å². The molecule has 0 spiro atoms. The lowest BCUT2D eigenvalue weighted by molar-refractivity contribution is -0.134. The van der Waals surface area contributed by atoms with Crippen molar-refractivity contribution in [3.05, 3.63) is 30.2 Å². The molecule has 3 rings (SSSR count). The van der Waals surface area contributed by atoms with Crippen LogP contribution in [0.3, 0.4) is 0 Å². The van der Waals surface area contributed by atoms with E-state index in [1.54, 1.807) is 15.8 Å². The van der Waals surface area contributed by atoms with Crippen molar-refractivity contribution in [2.24, 2.45) is 0 Å². The predicted octanol–water partition coefficient (Wildman–Crippen LogP) is -0.412. The van der Waals surface area contributed by atoms with E-state index >= 15 is 0 Å². The van der Waals surface area contributed by atoms with E-state index in [1.165, 1.54) is 0 Å². The largest absolute Gasteiger partial charge is 0.343 e. The molecule has 8 nitrogen and oxygen atoms in total. The van der Waals surface area contributed by atoms with Crippen LogP contribution < -0.4 is 0 Å². The second-order valence-corrected chi connectivity index (χ2v) is 4.83. The van der Waals surface area contributed by atoms with Crippen molar-refractivity contribution < 1.29 is 9.32 Å². The molecule has 0 saturated carbocycles. The second kappa shape index (κ2) is 5.41. The number of piperazine rings is 1. The normalized spacial score (nSPS) is 16.9. The van der Waals surface area contributed by atoms with E-state index in [2.05, 4.69) is 15.2 Å². The minimum Gasteiger partial charge on any atom is -0.343 e. The first-order chi connectivity index (χ1) is 9.70. The van der Waals surface area contributed by atoms with Crippen LogP contribution in [0.25, 0.3) is 0 Å². The first-order valence-corrected chi connectivity index (χ1v) is 6.46. The van der Waals surface area contributed by atoms with Crippen LogP contribution in [-0.4, -0.2) is 62.3 Å². The van der Waals surface area contributed by atoms with Crippen molar-refractivity contribution in [1.82, 2.24) is 29.7 Å². The molecule has 1 aliphatic heterocycles. The summed E-state index contributed by atoms with van der Waals surface area (Å²) in [6.45, 7) is 2.93. The number of nitrogens with zero attached hydrogens (tertiary/aromatic N) is 6. The number of carbonyl (C=O) groups is 1. The van der Waals surface area contributed by atoms with Crippen molar-refractivity contribution >= 4 is 5.91 Å². The van der Waals surface area contributed by atoms with Crippen molar-refractivity contribution in [2.75, 3.05) is 26.7 Å².